The van der Waals surface area contributed by atoms with Gasteiger partial charge < -0.3 is 10.1 Å². The van der Waals surface area contributed by atoms with Crippen molar-refractivity contribution in [2.45, 2.75) is 33.6 Å². The van der Waals surface area contributed by atoms with Gasteiger partial charge in [-0.05, 0) is 50.5 Å². The second-order valence-electron chi connectivity index (χ2n) is 6.67. The monoisotopic (exact) mass is 366 g/mol. The average molecular weight is 366 g/mol. The van der Waals surface area contributed by atoms with Gasteiger partial charge in [0.1, 0.15) is 0 Å². The molecule has 0 saturated carbocycles. The van der Waals surface area contributed by atoms with Crippen molar-refractivity contribution in [1.29, 1.82) is 0 Å². The van der Waals surface area contributed by atoms with E-state index < -0.39 is 0 Å². The summed E-state index contributed by atoms with van der Waals surface area (Å²) in [5.41, 5.74) is 6.03. The molecule has 142 valence electrons. The molecule has 27 heavy (non-hydrogen) atoms. The van der Waals surface area contributed by atoms with E-state index in [1.54, 1.807) is 7.11 Å². The number of nitrogens with zero attached hydrogens (tertiary/aromatic N) is 3. The van der Waals surface area contributed by atoms with E-state index in [9.17, 15) is 4.79 Å². The highest BCUT2D eigenvalue weighted by atomic mass is 16.5. The van der Waals surface area contributed by atoms with E-state index in [1.807, 2.05) is 48.9 Å². The zero-order chi connectivity index (χ0) is 19.4. The molecule has 1 amide bonds. The topological polar surface area (TPSA) is 69.0 Å². The summed E-state index contributed by atoms with van der Waals surface area (Å²) in [6.07, 6.45) is 1.10. The molecule has 2 aromatic heterocycles. The third-order valence-corrected chi connectivity index (χ3v) is 4.81. The number of fused-ring (bicyclic) bond motifs is 1. The van der Waals surface area contributed by atoms with Gasteiger partial charge in [0.05, 0.1) is 18.0 Å². The Morgan fingerprint density at radius 2 is 1.89 bits per heavy atom. The van der Waals surface area contributed by atoms with Gasteiger partial charge in [0, 0.05) is 31.2 Å². The van der Waals surface area contributed by atoms with Crippen LogP contribution in [0.1, 0.15) is 28.9 Å². The van der Waals surface area contributed by atoms with Gasteiger partial charge in [0.2, 0.25) is 5.91 Å². The van der Waals surface area contributed by atoms with Gasteiger partial charge >= 0.3 is 0 Å². The molecule has 1 aromatic carbocycles. The lowest BCUT2D eigenvalue weighted by Crippen LogP contribution is -2.27. The summed E-state index contributed by atoms with van der Waals surface area (Å²) in [5.74, 6) is 0.0302. The Morgan fingerprint density at radius 1 is 1.15 bits per heavy atom. The third kappa shape index (κ3) is 4.01. The highest BCUT2D eigenvalue weighted by molar-refractivity contribution is 5.85. The largest absolute Gasteiger partial charge is 0.383 e. The highest BCUT2D eigenvalue weighted by Gasteiger charge is 2.18. The second-order valence-corrected chi connectivity index (χ2v) is 6.67. The minimum atomic E-state index is 0.0302. The van der Waals surface area contributed by atoms with Crippen LogP contribution in [0.15, 0.2) is 30.3 Å². The Balaban J connectivity index is 1.91. The van der Waals surface area contributed by atoms with Gasteiger partial charge in [-0.3, -0.25) is 4.79 Å². The summed E-state index contributed by atoms with van der Waals surface area (Å²) in [7, 11) is 1.62. The Bertz CT molecular complexity index is 948. The molecule has 0 aliphatic rings. The minimum Gasteiger partial charge on any atom is -0.383 e. The zero-order valence-electron chi connectivity index (χ0n) is 16.4. The number of hydrogen-bond acceptors (Lipinski definition) is 4. The van der Waals surface area contributed by atoms with Gasteiger partial charge in [-0.15, -0.1) is 0 Å². The summed E-state index contributed by atoms with van der Waals surface area (Å²) in [6.45, 7) is 7.16. The van der Waals surface area contributed by atoms with Gasteiger partial charge in [0.25, 0.3) is 0 Å². The number of aromatic nitrogens is 3. The number of carbonyl (C=O) groups excluding carboxylic acids is 1. The van der Waals surface area contributed by atoms with Crippen molar-refractivity contribution in [3.8, 4) is 5.69 Å². The number of pyridine rings is 1. The summed E-state index contributed by atoms with van der Waals surface area (Å²) < 4.78 is 6.85. The van der Waals surface area contributed by atoms with Gasteiger partial charge in [-0.2, -0.15) is 5.10 Å². The van der Waals surface area contributed by atoms with Crippen LogP contribution in [0.25, 0.3) is 16.7 Å². The SMILES string of the molecule is COCCNC(=O)CCc1c(C)nc2c(c(C)nn2-c2ccccc2)c1C. The molecule has 3 aromatic rings. The van der Waals surface area contributed by atoms with Crippen molar-refractivity contribution in [3.63, 3.8) is 0 Å². The van der Waals surface area contributed by atoms with Crippen molar-refractivity contribution in [1.82, 2.24) is 20.1 Å². The molecule has 0 fully saturated rings. The van der Waals surface area contributed by atoms with Crippen molar-refractivity contribution in [2.75, 3.05) is 20.3 Å². The molecule has 0 aliphatic carbocycles. The number of benzene rings is 1. The van der Waals surface area contributed by atoms with Crippen LogP contribution in [0.5, 0.6) is 0 Å². The Labute approximate surface area is 159 Å². The maximum Gasteiger partial charge on any atom is 0.220 e. The summed E-state index contributed by atoms with van der Waals surface area (Å²) in [4.78, 5) is 16.9. The molecular weight excluding hydrogens is 340 g/mol. The fourth-order valence-corrected chi connectivity index (χ4v) is 3.44. The van der Waals surface area contributed by atoms with Crippen LogP contribution in [0.4, 0.5) is 0 Å². The quantitative estimate of drug-likeness (QED) is 0.653. The number of aryl methyl sites for hydroxylation is 3. The summed E-state index contributed by atoms with van der Waals surface area (Å²) in [6, 6.07) is 10.0. The standard InChI is InChI=1S/C21H26N4O2/c1-14-18(10-11-19(26)22-12-13-27-4)15(2)23-21-20(14)16(3)24-25(21)17-8-6-5-7-9-17/h5-9H,10-13H2,1-4H3,(H,22,26). The zero-order valence-corrected chi connectivity index (χ0v) is 16.4. The third-order valence-electron chi connectivity index (χ3n) is 4.81. The normalized spacial score (nSPS) is 11.1. The molecule has 0 unspecified atom stereocenters. The minimum absolute atomic E-state index is 0.0302. The molecule has 0 aliphatic heterocycles. The van der Waals surface area contributed by atoms with Crippen molar-refractivity contribution in [3.05, 3.63) is 52.8 Å². The summed E-state index contributed by atoms with van der Waals surface area (Å²) >= 11 is 0. The first-order valence-electron chi connectivity index (χ1n) is 9.19. The molecule has 0 atom stereocenters. The molecule has 6 nitrogen and oxygen atoms in total. The smallest absolute Gasteiger partial charge is 0.220 e. The van der Waals surface area contributed by atoms with Gasteiger partial charge in [0.15, 0.2) is 5.65 Å². The van der Waals surface area contributed by atoms with E-state index in [2.05, 4.69) is 12.2 Å². The first-order valence-corrected chi connectivity index (χ1v) is 9.19. The van der Waals surface area contributed by atoms with E-state index in [1.165, 1.54) is 0 Å². The first-order chi connectivity index (χ1) is 13.0. The lowest BCUT2D eigenvalue weighted by atomic mass is 9.99. The number of methoxy groups -OCH3 is 1. The number of nitrogens with one attached hydrogen (secondary N) is 1. The van der Waals surface area contributed by atoms with Crippen LogP contribution >= 0.6 is 0 Å². The number of hydrogen-bond donors (Lipinski definition) is 1. The van der Waals surface area contributed by atoms with E-state index in [4.69, 9.17) is 14.8 Å². The van der Waals surface area contributed by atoms with Crippen LogP contribution in [0.2, 0.25) is 0 Å². The second kappa shape index (κ2) is 8.31. The predicted molar refractivity (Wildman–Crippen MR) is 106 cm³/mol. The molecule has 3 rings (SSSR count). The average Bonchev–Trinajstić information content (AvgIpc) is 2.99. The molecule has 0 radical (unpaired) electrons. The van der Waals surface area contributed by atoms with Crippen molar-refractivity contribution >= 4 is 16.9 Å². The van der Waals surface area contributed by atoms with Crippen molar-refractivity contribution in [2.24, 2.45) is 0 Å². The lowest BCUT2D eigenvalue weighted by Gasteiger charge is -2.12. The molecule has 1 N–H and O–H groups in total. The van der Waals surface area contributed by atoms with E-state index in [0.717, 1.165) is 39.2 Å². The van der Waals surface area contributed by atoms with Gasteiger partial charge in [-0.25, -0.2) is 9.67 Å². The van der Waals surface area contributed by atoms with E-state index in [0.29, 0.717) is 26.0 Å². The fraction of sp³-hybridized carbons (Fsp3) is 0.381. The van der Waals surface area contributed by atoms with Crippen LogP contribution in [-0.2, 0) is 16.0 Å². The maximum atomic E-state index is 12.0. The Morgan fingerprint density at radius 3 is 2.59 bits per heavy atom. The summed E-state index contributed by atoms with van der Waals surface area (Å²) in [5, 5.41) is 8.64. The number of amides is 1. The lowest BCUT2D eigenvalue weighted by molar-refractivity contribution is -0.121. The fourth-order valence-electron chi connectivity index (χ4n) is 3.44. The van der Waals surface area contributed by atoms with E-state index in [-0.39, 0.29) is 5.91 Å². The van der Waals surface area contributed by atoms with Crippen LogP contribution in [0, 0.1) is 20.8 Å². The number of ether oxygens (including phenoxy) is 1. The van der Waals surface area contributed by atoms with Crippen LogP contribution in [0.3, 0.4) is 0 Å². The predicted octanol–water partition coefficient (Wildman–Crippen LogP) is 3.04. The molecule has 0 bridgehead atoms. The van der Waals surface area contributed by atoms with Crippen LogP contribution < -0.4 is 5.32 Å². The number of carbonyl (C=O) groups is 1. The Hall–Kier alpha value is -2.73. The molecular formula is C21H26N4O2. The van der Waals surface area contributed by atoms with E-state index >= 15 is 0 Å². The van der Waals surface area contributed by atoms with Gasteiger partial charge in [-0.1, -0.05) is 18.2 Å². The molecule has 2 heterocycles. The van der Waals surface area contributed by atoms with Crippen LogP contribution in [-0.4, -0.2) is 40.9 Å². The maximum absolute atomic E-state index is 12.0. The number of para-hydroxylation sites is 1. The highest BCUT2D eigenvalue weighted by Crippen LogP contribution is 2.28. The van der Waals surface area contributed by atoms with Crippen molar-refractivity contribution < 1.29 is 9.53 Å². The molecule has 6 heteroatoms. The molecule has 0 spiro atoms. The molecule has 0 saturated heterocycles. The first kappa shape index (κ1) is 19.0. The Kier molecular flexibility index (Phi) is 5.86. The number of rotatable bonds is 7.